The van der Waals surface area contributed by atoms with Gasteiger partial charge in [-0.05, 0) is 81.5 Å². The van der Waals surface area contributed by atoms with Crippen molar-refractivity contribution in [3.05, 3.63) is 110 Å². The zero-order valence-electron chi connectivity index (χ0n) is 27.2. The van der Waals surface area contributed by atoms with Crippen LogP contribution in [-0.4, -0.2) is 79.7 Å². The Morgan fingerprint density at radius 1 is 0.902 bits per heavy atom. The van der Waals surface area contributed by atoms with Crippen LogP contribution in [0, 0.1) is 11.8 Å². The first-order valence-corrected chi connectivity index (χ1v) is 16.4. The Hall–Kier alpha value is -4.63. The molecule has 3 aliphatic carbocycles. The fourth-order valence-corrected chi connectivity index (χ4v) is 7.33. The third-order valence-corrected chi connectivity index (χ3v) is 10.3. The van der Waals surface area contributed by atoms with Crippen molar-refractivity contribution >= 4 is 69.7 Å². The molecule has 0 fully saturated rings. The number of rotatable bonds is 4. The van der Waals surface area contributed by atoms with E-state index in [0.717, 1.165) is 0 Å². The van der Waals surface area contributed by atoms with Crippen LogP contribution >= 0.6 is 34.8 Å². The number of aliphatic hydroxyl groups is 4. The fourth-order valence-electron chi connectivity index (χ4n) is 6.91. The van der Waals surface area contributed by atoms with Crippen molar-refractivity contribution in [3.63, 3.8) is 0 Å². The van der Waals surface area contributed by atoms with Crippen molar-refractivity contribution in [2.24, 2.45) is 17.6 Å². The van der Waals surface area contributed by atoms with Gasteiger partial charge in [0.15, 0.2) is 11.4 Å². The highest BCUT2D eigenvalue weighted by atomic mass is 35.5. The number of hydrogen-bond donors (Lipinski definition) is 8. The summed E-state index contributed by atoms with van der Waals surface area (Å²) in [6.07, 6.45) is -0.200. The van der Waals surface area contributed by atoms with Gasteiger partial charge >= 0.3 is 6.03 Å². The van der Waals surface area contributed by atoms with Gasteiger partial charge in [-0.2, -0.15) is 0 Å². The maximum absolute atomic E-state index is 13.3. The van der Waals surface area contributed by atoms with E-state index in [1.165, 1.54) is 44.1 Å². The monoisotopic (exact) mass is 758 g/mol. The van der Waals surface area contributed by atoms with Crippen LogP contribution in [0.2, 0.25) is 15.1 Å². The molecular weight excluding hydrogens is 727 g/mol. The van der Waals surface area contributed by atoms with Crippen LogP contribution in [0.3, 0.4) is 0 Å². The fraction of sp³-hybridized carbons (Fsp3) is 0.257. The second-order valence-corrected chi connectivity index (χ2v) is 13.9. The number of urea groups is 1. The van der Waals surface area contributed by atoms with Gasteiger partial charge in [-0.3, -0.25) is 19.3 Å². The van der Waals surface area contributed by atoms with E-state index >= 15 is 0 Å². The number of halogens is 3. The van der Waals surface area contributed by atoms with Crippen molar-refractivity contribution in [2.75, 3.05) is 24.7 Å². The van der Waals surface area contributed by atoms with Crippen LogP contribution in [0.1, 0.15) is 29.3 Å². The molecule has 3 aromatic carbocycles. The number of phenolic OH excluding ortho intramolecular Hbond substituents is 1. The van der Waals surface area contributed by atoms with Crippen molar-refractivity contribution in [3.8, 4) is 5.75 Å². The first-order chi connectivity index (χ1) is 23.8. The number of nitrogens with two attached hydrogens (primary N) is 1. The lowest BCUT2D eigenvalue weighted by molar-refractivity contribution is -0.151. The predicted molar refractivity (Wildman–Crippen MR) is 190 cm³/mol. The first kappa shape index (κ1) is 37.6. The lowest BCUT2D eigenvalue weighted by Gasteiger charge is -2.52. The van der Waals surface area contributed by atoms with Gasteiger partial charge in [-0.1, -0.05) is 46.9 Å². The Bertz CT molecular complexity index is 2030. The number of carbonyl (C=O) groups excluding carboxylic acids is 4. The quantitative estimate of drug-likeness (QED) is 0.165. The van der Waals surface area contributed by atoms with Gasteiger partial charge in [0.1, 0.15) is 22.8 Å². The molecule has 5 atom stereocenters. The first-order valence-electron chi connectivity index (χ1n) is 15.3. The Morgan fingerprint density at radius 2 is 1.51 bits per heavy atom. The highest BCUT2D eigenvalue weighted by molar-refractivity contribution is 6.42. The maximum Gasteiger partial charge on any atom is 0.323 e. The minimum absolute atomic E-state index is 0.135. The molecule has 0 heterocycles. The summed E-state index contributed by atoms with van der Waals surface area (Å²) in [5.74, 6) is -7.89. The number of nitrogens with one attached hydrogen (secondary N) is 2. The summed E-state index contributed by atoms with van der Waals surface area (Å²) in [5.41, 5.74) is 0.543. The van der Waals surface area contributed by atoms with Gasteiger partial charge in [0, 0.05) is 33.8 Å². The van der Waals surface area contributed by atoms with Crippen molar-refractivity contribution in [2.45, 2.75) is 30.6 Å². The molecule has 0 unspecified atom stereocenters. The summed E-state index contributed by atoms with van der Waals surface area (Å²) in [4.78, 5) is 51.6. The number of aromatic hydroxyl groups is 1. The number of Topliss-reactive ketones (excluding diaryl/α,β-unsaturated/α-hetero) is 2. The number of ketones is 2. The third-order valence-electron chi connectivity index (χ3n) is 9.30. The molecular formula is C35H33Cl3N4O9. The second-order valence-electron chi connectivity index (χ2n) is 12.7. The van der Waals surface area contributed by atoms with E-state index in [2.05, 4.69) is 10.6 Å². The molecule has 3 aliphatic rings. The summed E-state index contributed by atoms with van der Waals surface area (Å²) in [6.45, 7) is 1.40. The highest BCUT2D eigenvalue weighted by Crippen LogP contribution is 2.56. The largest absolute Gasteiger partial charge is 0.510 e. The van der Waals surface area contributed by atoms with Gasteiger partial charge in [-0.15, -0.1) is 0 Å². The maximum atomic E-state index is 13.3. The standard InChI is InChI=1S/C22H24N2O8.C13H9Cl3N2O/c1-21(31)8-5-4-6-11(25)12(8)16(26)13-9(21)7-10-15(24(2)3)17(27)14(20(23)30)19(29)22(10,32)18(13)28;14-8-1-3-9(4-2-8)17-13(19)18-10-5-6-11(15)12(16)7-10/h4-6,9-10,15,25,27-28,31-32H,7H2,1-3H3,(H2,23,30);1-7H,(H2,17,18,19)/t9-,10-,15-,21+,22-;/m0./s1. The number of phenols is 1. The molecule has 0 aromatic heterocycles. The molecule has 3 aromatic rings. The van der Waals surface area contributed by atoms with E-state index in [0.29, 0.717) is 26.4 Å². The van der Waals surface area contributed by atoms with Crippen LogP contribution in [-0.2, 0) is 15.2 Å². The van der Waals surface area contributed by atoms with Gasteiger partial charge < -0.3 is 41.9 Å². The lowest BCUT2D eigenvalue weighted by Crippen LogP contribution is -2.65. The topological polar surface area (TPSA) is 223 Å². The Morgan fingerprint density at radius 3 is 2.10 bits per heavy atom. The van der Waals surface area contributed by atoms with Gasteiger partial charge in [0.2, 0.25) is 5.78 Å². The Balaban J connectivity index is 0.000000226. The van der Waals surface area contributed by atoms with E-state index in [4.69, 9.17) is 40.5 Å². The summed E-state index contributed by atoms with van der Waals surface area (Å²) < 4.78 is 0. The molecule has 0 saturated carbocycles. The molecule has 9 N–H and O–H groups in total. The molecule has 0 aliphatic heterocycles. The smallest absolute Gasteiger partial charge is 0.323 e. The number of amides is 3. The minimum Gasteiger partial charge on any atom is -0.510 e. The number of hydrogen-bond acceptors (Lipinski definition) is 10. The van der Waals surface area contributed by atoms with E-state index < -0.39 is 75.0 Å². The molecule has 51 heavy (non-hydrogen) atoms. The van der Waals surface area contributed by atoms with Crippen LogP contribution in [0.15, 0.2) is 83.3 Å². The number of primary amides is 1. The number of fused-ring (bicyclic) bond motifs is 3. The third kappa shape index (κ3) is 6.52. The molecule has 13 nitrogen and oxygen atoms in total. The average molecular weight is 760 g/mol. The zero-order chi connectivity index (χ0) is 37.7. The minimum atomic E-state index is -2.75. The number of likely N-dealkylation sites (N-methyl/N-ethyl adjacent to an activating group) is 1. The van der Waals surface area contributed by atoms with Gasteiger partial charge in [-0.25, -0.2) is 4.79 Å². The van der Waals surface area contributed by atoms with Crippen molar-refractivity contribution in [1.29, 1.82) is 0 Å². The Labute approximate surface area is 306 Å². The zero-order valence-corrected chi connectivity index (χ0v) is 29.5. The summed E-state index contributed by atoms with van der Waals surface area (Å²) in [7, 11) is 3.06. The predicted octanol–water partition coefficient (Wildman–Crippen LogP) is 5.08. The van der Waals surface area contributed by atoms with Crippen LogP contribution in [0.4, 0.5) is 16.2 Å². The number of anilines is 2. The van der Waals surface area contributed by atoms with Gasteiger partial charge in [0.25, 0.3) is 5.91 Å². The molecule has 16 heteroatoms. The lowest BCUT2D eigenvalue weighted by atomic mass is 9.55. The van der Waals surface area contributed by atoms with E-state index in [-0.39, 0.29) is 23.6 Å². The van der Waals surface area contributed by atoms with Crippen LogP contribution in [0.5, 0.6) is 5.75 Å². The van der Waals surface area contributed by atoms with E-state index in [1.54, 1.807) is 42.5 Å². The van der Waals surface area contributed by atoms with Crippen LogP contribution < -0.4 is 16.4 Å². The molecule has 3 amide bonds. The average Bonchev–Trinajstić information content (AvgIpc) is 3.04. The SMILES string of the molecule is CN(C)[C@@H]1C(O)=C(C(N)=O)C(=O)[C@@]2(O)C(O)=C3C(=O)c4c(O)cccc4[C@@](C)(O)[C@H]3C[C@@H]12.O=C(Nc1ccc(Cl)cc1)Nc1ccc(Cl)c(Cl)c1. The van der Waals surface area contributed by atoms with E-state index in [9.17, 15) is 44.7 Å². The number of aliphatic hydroxyl groups excluding tert-OH is 2. The molecule has 0 spiro atoms. The number of benzene rings is 3. The summed E-state index contributed by atoms with van der Waals surface area (Å²) in [6, 6.07) is 14.3. The molecule has 0 saturated heterocycles. The van der Waals surface area contributed by atoms with Gasteiger partial charge in [0.05, 0.1) is 27.3 Å². The summed E-state index contributed by atoms with van der Waals surface area (Å²) >= 11 is 17.4. The summed E-state index contributed by atoms with van der Waals surface area (Å²) in [5, 5.41) is 61.8. The number of nitrogens with zero attached hydrogens (tertiary/aromatic N) is 1. The molecule has 0 radical (unpaired) electrons. The molecule has 6 rings (SSSR count). The van der Waals surface area contributed by atoms with Crippen molar-refractivity contribution in [1.82, 2.24) is 4.90 Å². The second kappa shape index (κ2) is 13.8. The molecule has 268 valence electrons. The van der Waals surface area contributed by atoms with Crippen molar-refractivity contribution < 1.29 is 44.7 Å². The van der Waals surface area contributed by atoms with E-state index in [1.807, 2.05) is 0 Å². The number of carbonyl (C=O) groups is 4. The normalized spacial score (nSPS) is 25.3. The van der Waals surface area contributed by atoms with Crippen LogP contribution in [0.25, 0.3) is 0 Å². The Kier molecular flexibility index (Phi) is 10.2. The highest BCUT2D eigenvalue weighted by Gasteiger charge is 2.65. The molecule has 0 bridgehead atoms.